The second-order valence-corrected chi connectivity index (χ2v) is 11.4. The van der Waals surface area contributed by atoms with E-state index in [0.717, 1.165) is 102 Å². The Morgan fingerprint density at radius 3 is 2.41 bits per heavy atom. The molecule has 0 unspecified atom stereocenters. The number of H-pyrrole nitrogens is 1. The van der Waals surface area contributed by atoms with Crippen LogP contribution in [0.2, 0.25) is 0 Å². The zero-order chi connectivity index (χ0) is 26.4. The zero-order valence-corrected chi connectivity index (χ0v) is 23.2. The lowest BCUT2D eigenvalue weighted by molar-refractivity contribution is 0.00159. The fraction of sp³-hybridized carbons (Fsp3) is 0.531. The zero-order valence-electron chi connectivity index (χ0n) is 23.2. The highest BCUT2D eigenvalue weighted by Crippen LogP contribution is 2.25. The van der Waals surface area contributed by atoms with Crippen molar-refractivity contribution in [3.8, 4) is 0 Å². The van der Waals surface area contributed by atoms with E-state index in [4.69, 9.17) is 4.74 Å². The van der Waals surface area contributed by atoms with Gasteiger partial charge in [0.1, 0.15) is 0 Å². The molecule has 0 spiro atoms. The number of amides is 1. The third-order valence-electron chi connectivity index (χ3n) is 8.99. The lowest BCUT2D eigenvalue weighted by Gasteiger charge is -2.40. The number of para-hydroxylation sites is 1. The molecule has 39 heavy (non-hydrogen) atoms. The van der Waals surface area contributed by atoms with Gasteiger partial charge in [0.25, 0.3) is 5.91 Å². The summed E-state index contributed by atoms with van der Waals surface area (Å²) in [5.41, 5.74) is 4.63. The van der Waals surface area contributed by atoms with Crippen molar-refractivity contribution in [1.29, 1.82) is 0 Å². The number of fused-ring (bicyclic) bond motifs is 1. The van der Waals surface area contributed by atoms with Gasteiger partial charge in [-0.15, -0.1) is 0 Å². The quantitative estimate of drug-likeness (QED) is 0.442. The van der Waals surface area contributed by atoms with E-state index in [0.29, 0.717) is 6.04 Å². The number of unbranched alkanes of at least 4 members (excludes halogenated alkanes) is 1. The van der Waals surface area contributed by atoms with Crippen LogP contribution in [0.5, 0.6) is 0 Å². The first-order chi connectivity index (χ1) is 19.2. The van der Waals surface area contributed by atoms with Crippen LogP contribution < -0.4 is 4.90 Å². The molecule has 3 aliphatic rings. The van der Waals surface area contributed by atoms with E-state index in [1.54, 1.807) is 0 Å². The number of rotatable bonds is 8. The van der Waals surface area contributed by atoms with Crippen LogP contribution in [0.4, 0.5) is 5.69 Å². The number of likely N-dealkylation sites (tertiary alicyclic amines) is 1. The molecule has 4 heterocycles. The highest BCUT2D eigenvalue weighted by molar-refractivity contribution is 5.98. The maximum Gasteiger partial charge on any atom is 0.253 e. The Balaban J connectivity index is 0.974. The third-order valence-corrected chi connectivity index (χ3v) is 8.99. The van der Waals surface area contributed by atoms with Gasteiger partial charge >= 0.3 is 0 Å². The summed E-state index contributed by atoms with van der Waals surface area (Å²) >= 11 is 0. The van der Waals surface area contributed by atoms with Gasteiger partial charge in [0.2, 0.25) is 0 Å². The summed E-state index contributed by atoms with van der Waals surface area (Å²) < 4.78 is 5.51. The average molecular weight is 530 g/mol. The minimum atomic E-state index is 0.180. The maximum atomic E-state index is 13.4. The Morgan fingerprint density at radius 2 is 1.64 bits per heavy atom. The van der Waals surface area contributed by atoms with Gasteiger partial charge in [-0.05, 0) is 74.5 Å². The van der Waals surface area contributed by atoms with Crippen LogP contribution in [0.25, 0.3) is 10.9 Å². The van der Waals surface area contributed by atoms with E-state index in [1.165, 1.54) is 29.5 Å². The summed E-state index contributed by atoms with van der Waals surface area (Å²) in [4.78, 5) is 26.5. The largest absolute Gasteiger partial charge is 0.379 e. The predicted octanol–water partition coefficient (Wildman–Crippen LogP) is 4.25. The molecule has 0 aliphatic carbocycles. The SMILES string of the molecule is O=C(c1ccc2[nH]cc(CCCCN3CCN(c4ccccc4)CC3)c2c1)N1CCC(N2CCOCC2)CC1. The Labute approximate surface area is 232 Å². The molecular formula is C32H43N5O2. The minimum Gasteiger partial charge on any atom is -0.379 e. The molecule has 6 rings (SSSR count). The highest BCUT2D eigenvalue weighted by Gasteiger charge is 2.28. The van der Waals surface area contributed by atoms with Crippen molar-refractivity contribution in [2.75, 3.05) is 77.0 Å². The third kappa shape index (κ3) is 6.32. The highest BCUT2D eigenvalue weighted by atomic mass is 16.5. The molecule has 3 fully saturated rings. The number of aromatic nitrogens is 1. The minimum absolute atomic E-state index is 0.180. The smallest absolute Gasteiger partial charge is 0.253 e. The molecule has 0 radical (unpaired) electrons. The number of carbonyl (C=O) groups is 1. The van der Waals surface area contributed by atoms with E-state index >= 15 is 0 Å². The summed E-state index contributed by atoms with van der Waals surface area (Å²) in [6.07, 6.45) is 7.68. The van der Waals surface area contributed by atoms with Crippen molar-refractivity contribution in [3.63, 3.8) is 0 Å². The molecule has 3 saturated heterocycles. The molecule has 2 aromatic carbocycles. The first-order valence-electron chi connectivity index (χ1n) is 15.0. The fourth-order valence-electron chi connectivity index (χ4n) is 6.60. The van der Waals surface area contributed by atoms with Gasteiger partial charge in [0, 0.05) is 86.8 Å². The van der Waals surface area contributed by atoms with Crippen LogP contribution in [-0.2, 0) is 11.2 Å². The summed E-state index contributed by atoms with van der Waals surface area (Å²) in [5, 5.41) is 1.21. The van der Waals surface area contributed by atoms with Crippen molar-refractivity contribution in [3.05, 3.63) is 65.9 Å². The number of morpholine rings is 1. The lowest BCUT2D eigenvalue weighted by atomic mass is 10.0. The second-order valence-electron chi connectivity index (χ2n) is 11.4. The maximum absolute atomic E-state index is 13.4. The fourth-order valence-corrected chi connectivity index (χ4v) is 6.60. The topological polar surface area (TPSA) is 55.1 Å². The van der Waals surface area contributed by atoms with Gasteiger partial charge in [0.05, 0.1) is 13.2 Å². The molecule has 1 amide bonds. The number of nitrogens with zero attached hydrogens (tertiary/aromatic N) is 4. The molecule has 1 N–H and O–H groups in total. The molecule has 0 bridgehead atoms. The van der Waals surface area contributed by atoms with E-state index in [2.05, 4.69) is 73.2 Å². The molecule has 3 aromatic rings. The van der Waals surface area contributed by atoms with Crippen LogP contribution in [0, 0.1) is 0 Å². The van der Waals surface area contributed by atoms with E-state index < -0.39 is 0 Å². The van der Waals surface area contributed by atoms with Crippen molar-refractivity contribution < 1.29 is 9.53 Å². The van der Waals surface area contributed by atoms with Crippen LogP contribution in [0.15, 0.2) is 54.7 Å². The number of piperazine rings is 1. The standard InChI is InChI=1S/C32H43N5O2/c38-32(37-14-11-29(12-15-37)36-20-22-39-23-21-36)26-9-10-31-30(24-26)27(25-33-31)6-4-5-13-34-16-18-35(19-17-34)28-7-2-1-3-8-28/h1-3,7-10,24-25,29,33H,4-6,11-23H2. The average Bonchev–Trinajstić information content (AvgIpc) is 3.42. The predicted molar refractivity (Wildman–Crippen MR) is 158 cm³/mol. The molecule has 0 atom stereocenters. The molecule has 208 valence electrons. The van der Waals surface area contributed by atoms with Gasteiger partial charge in [0.15, 0.2) is 0 Å². The summed E-state index contributed by atoms with van der Waals surface area (Å²) in [6, 6.07) is 17.6. The molecule has 3 aliphatic heterocycles. The Bertz CT molecular complexity index is 1210. The Hall–Kier alpha value is -2.87. The normalized spacial score (nSPS) is 20.1. The first-order valence-corrected chi connectivity index (χ1v) is 15.0. The number of piperidine rings is 1. The Morgan fingerprint density at radius 1 is 0.872 bits per heavy atom. The molecule has 0 saturated carbocycles. The first kappa shape index (κ1) is 26.4. The summed E-state index contributed by atoms with van der Waals surface area (Å²) in [6.45, 7) is 11.1. The van der Waals surface area contributed by atoms with Gasteiger partial charge in [-0.3, -0.25) is 14.6 Å². The summed E-state index contributed by atoms with van der Waals surface area (Å²) in [5.74, 6) is 0.180. The number of nitrogens with one attached hydrogen (secondary N) is 1. The van der Waals surface area contributed by atoms with Gasteiger partial charge in [-0.2, -0.15) is 0 Å². The Kier molecular flexibility index (Phi) is 8.47. The van der Waals surface area contributed by atoms with Crippen molar-refractivity contribution >= 4 is 22.5 Å². The van der Waals surface area contributed by atoms with Crippen molar-refractivity contribution in [2.45, 2.75) is 38.1 Å². The van der Waals surface area contributed by atoms with Gasteiger partial charge < -0.3 is 19.5 Å². The number of anilines is 1. The second kappa shape index (κ2) is 12.5. The van der Waals surface area contributed by atoms with Crippen molar-refractivity contribution in [1.82, 2.24) is 19.7 Å². The molecule has 1 aromatic heterocycles. The van der Waals surface area contributed by atoms with Crippen LogP contribution in [0.3, 0.4) is 0 Å². The van der Waals surface area contributed by atoms with Crippen molar-refractivity contribution in [2.24, 2.45) is 0 Å². The number of hydrogen-bond acceptors (Lipinski definition) is 5. The van der Waals surface area contributed by atoms with Crippen LogP contribution >= 0.6 is 0 Å². The molecule has 7 nitrogen and oxygen atoms in total. The van der Waals surface area contributed by atoms with E-state index in [-0.39, 0.29) is 5.91 Å². The van der Waals surface area contributed by atoms with Crippen LogP contribution in [-0.4, -0.2) is 104 Å². The van der Waals surface area contributed by atoms with Gasteiger partial charge in [-0.25, -0.2) is 0 Å². The van der Waals surface area contributed by atoms with E-state index in [9.17, 15) is 4.79 Å². The molecule has 7 heteroatoms. The number of ether oxygens (including phenoxy) is 1. The number of carbonyl (C=O) groups excluding carboxylic acids is 1. The van der Waals surface area contributed by atoms with Crippen LogP contribution in [0.1, 0.15) is 41.6 Å². The summed E-state index contributed by atoms with van der Waals surface area (Å²) in [7, 11) is 0. The van der Waals surface area contributed by atoms with E-state index in [1.807, 2.05) is 6.07 Å². The lowest BCUT2D eigenvalue weighted by Crippen LogP contribution is -2.50. The molecular weight excluding hydrogens is 486 g/mol. The number of hydrogen-bond donors (Lipinski definition) is 1. The monoisotopic (exact) mass is 529 g/mol. The number of aromatic amines is 1. The van der Waals surface area contributed by atoms with Gasteiger partial charge in [-0.1, -0.05) is 18.2 Å². The number of benzene rings is 2. The number of aryl methyl sites for hydroxylation is 1.